The molecule has 184 valence electrons. The van der Waals surface area contributed by atoms with Crippen LogP contribution < -0.4 is 5.32 Å². The summed E-state index contributed by atoms with van der Waals surface area (Å²) in [7, 11) is 0.919. The Morgan fingerprint density at radius 1 is 1.42 bits per heavy atom. The summed E-state index contributed by atoms with van der Waals surface area (Å²) < 4.78 is 47.7. The first kappa shape index (κ1) is 25.9. The van der Waals surface area contributed by atoms with E-state index in [-0.39, 0.29) is 11.7 Å². The molecule has 2 aromatic heterocycles. The normalized spacial score (nSPS) is 27.2. The first-order valence-corrected chi connectivity index (χ1v) is 12.6. The number of fused-ring (bicyclic) bond motifs is 1. The molecule has 33 heavy (non-hydrogen) atoms. The largest absolute Gasteiger partial charge is 0.407 e. The van der Waals surface area contributed by atoms with E-state index in [2.05, 4.69) is 20.3 Å². The molecule has 5 atom stereocenters. The van der Waals surface area contributed by atoms with E-state index in [1.165, 1.54) is 49.8 Å². The van der Waals surface area contributed by atoms with Crippen molar-refractivity contribution in [2.75, 3.05) is 45.4 Å². The van der Waals surface area contributed by atoms with E-state index in [0.29, 0.717) is 22.7 Å². The number of anilines is 1. The van der Waals surface area contributed by atoms with Gasteiger partial charge in [0.15, 0.2) is 29.0 Å². The molecule has 0 spiro atoms. The van der Waals surface area contributed by atoms with Crippen molar-refractivity contribution < 1.29 is 32.6 Å². The molecular weight excluding hydrogens is 478 g/mol. The maximum Gasteiger partial charge on any atom is 0.407 e. The standard InChI is InChI=1S/C18H28FN6O6PS/c1-11(26)33-7-6-29-32(28,24(4)5)30-8-12-18(2,27)14(19)17(31-12)25-10-23-13-15(20-3)21-9-22-16(13)25/h9-10,12,14,17,27H,6-8H2,1-5H3,(H,20,21,22)/t12-,14-,17-,18?,32?/m1/s1. The van der Waals surface area contributed by atoms with Crippen molar-refractivity contribution in [1.29, 1.82) is 0 Å². The Bertz CT molecular complexity index is 1040. The monoisotopic (exact) mass is 506 g/mol. The zero-order chi connectivity index (χ0) is 24.4. The Morgan fingerprint density at radius 2 is 2.15 bits per heavy atom. The average Bonchev–Trinajstić information content (AvgIpc) is 3.28. The fourth-order valence-electron chi connectivity index (χ4n) is 3.25. The summed E-state index contributed by atoms with van der Waals surface area (Å²) >= 11 is 1.03. The topological polar surface area (TPSA) is 141 Å². The van der Waals surface area contributed by atoms with Gasteiger partial charge in [-0.25, -0.2) is 28.6 Å². The van der Waals surface area contributed by atoms with Gasteiger partial charge in [0.1, 0.15) is 23.5 Å². The van der Waals surface area contributed by atoms with Gasteiger partial charge in [-0.1, -0.05) is 11.8 Å². The van der Waals surface area contributed by atoms with E-state index < -0.39 is 38.5 Å². The van der Waals surface area contributed by atoms with Crippen molar-refractivity contribution in [3.8, 4) is 0 Å². The van der Waals surface area contributed by atoms with Gasteiger partial charge >= 0.3 is 7.75 Å². The summed E-state index contributed by atoms with van der Waals surface area (Å²) in [4.78, 5) is 23.5. The Labute approximate surface area is 194 Å². The molecule has 1 aliphatic rings. The van der Waals surface area contributed by atoms with Crippen LogP contribution in [0.25, 0.3) is 11.2 Å². The number of hydrogen-bond donors (Lipinski definition) is 2. The highest BCUT2D eigenvalue weighted by Crippen LogP contribution is 2.51. The second kappa shape index (κ2) is 10.3. The number of hydrogen-bond acceptors (Lipinski definition) is 11. The lowest BCUT2D eigenvalue weighted by Gasteiger charge is -2.28. The third-order valence-electron chi connectivity index (χ3n) is 5.16. The fourth-order valence-corrected chi connectivity index (χ4v) is 5.00. The number of carbonyl (C=O) groups is 1. The second-order valence-corrected chi connectivity index (χ2v) is 11.2. The molecule has 1 aliphatic heterocycles. The number of carbonyl (C=O) groups excluding carboxylic acids is 1. The molecule has 12 nitrogen and oxygen atoms in total. The lowest BCUT2D eigenvalue weighted by atomic mass is 9.96. The number of alkyl halides is 1. The molecule has 0 amide bonds. The van der Waals surface area contributed by atoms with Gasteiger partial charge in [-0.3, -0.25) is 18.4 Å². The molecule has 0 saturated carbocycles. The van der Waals surface area contributed by atoms with Crippen LogP contribution in [0.4, 0.5) is 10.2 Å². The highest BCUT2D eigenvalue weighted by Gasteiger charge is 2.55. The molecule has 3 heterocycles. The number of aliphatic hydroxyl groups is 1. The number of nitrogens with one attached hydrogen (secondary N) is 1. The third-order valence-corrected chi connectivity index (χ3v) is 7.90. The minimum absolute atomic E-state index is 0.00447. The summed E-state index contributed by atoms with van der Waals surface area (Å²) in [5.41, 5.74) is -1.21. The van der Waals surface area contributed by atoms with Gasteiger partial charge in [0, 0.05) is 19.7 Å². The van der Waals surface area contributed by atoms with Gasteiger partial charge in [-0.15, -0.1) is 0 Å². The first-order valence-electron chi connectivity index (χ1n) is 10.1. The van der Waals surface area contributed by atoms with Crippen LogP contribution in [0.1, 0.15) is 20.1 Å². The van der Waals surface area contributed by atoms with E-state index in [0.717, 1.165) is 11.8 Å². The van der Waals surface area contributed by atoms with Gasteiger partial charge in [0.05, 0.1) is 19.5 Å². The predicted molar refractivity (Wildman–Crippen MR) is 121 cm³/mol. The third kappa shape index (κ3) is 5.37. The first-order chi connectivity index (χ1) is 15.5. The maximum atomic E-state index is 15.3. The molecule has 2 aromatic rings. The van der Waals surface area contributed by atoms with Crippen molar-refractivity contribution in [1.82, 2.24) is 24.2 Å². The van der Waals surface area contributed by atoms with E-state index in [1.54, 1.807) is 7.05 Å². The summed E-state index contributed by atoms with van der Waals surface area (Å²) in [5, 5.41) is 13.6. The van der Waals surface area contributed by atoms with Crippen LogP contribution in [0.3, 0.4) is 0 Å². The minimum atomic E-state index is -3.76. The van der Waals surface area contributed by atoms with Crippen molar-refractivity contribution in [3.63, 3.8) is 0 Å². The summed E-state index contributed by atoms with van der Waals surface area (Å²) in [6, 6.07) is 0. The van der Waals surface area contributed by atoms with E-state index >= 15 is 4.39 Å². The van der Waals surface area contributed by atoms with Gasteiger partial charge in [0.25, 0.3) is 0 Å². The molecule has 0 aliphatic carbocycles. The summed E-state index contributed by atoms with van der Waals surface area (Å²) in [6.07, 6.45) is -1.60. The molecule has 15 heteroatoms. The lowest BCUT2D eigenvalue weighted by molar-refractivity contribution is -0.109. The Morgan fingerprint density at radius 3 is 2.79 bits per heavy atom. The average molecular weight is 506 g/mol. The predicted octanol–water partition coefficient (Wildman–Crippen LogP) is 1.84. The number of aromatic nitrogens is 4. The number of halogens is 1. The minimum Gasteiger partial charge on any atom is -0.384 e. The van der Waals surface area contributed by atoms with E-state index in [9.17, 15) is 14.5 Å². The van der Waals surface area contributed by atoms with Crippen LogP contribution >= 0.6 is 19.5 Å². The highest BCUT2D eigenvalue weighted by atomic mass is 32.2. The molecule has 3 rings (SSSR count). The van der Waals surface area contributed by atoms with Crippen LogP contribution in [0.5, 0.6) is 0 Å². The van der Waals surface area contributed by atoms with Crippen molar-refractivity contribution in [2.45, 2.75) is 38.0 Å². The molecule has 1 saturated heterocycles. The number of ether oxygens (including phenoxy) is 1. The highest BCUT2D eigenvalue weighted by molar-refractivity contribution is 8.13. The fraction of sp³-hybridized carbons (Fsp3) is 0.667. The van der Waals surface area contributed by atoms with Crippen LogP contribution in [0, 0.1) is 0 Å². The molecule has 2 unspecified atom stereocenters. The summed E-state index contributed by atoms with van der Waals surface area (Å²) in [5.74, 6) is 0.762. The number of imidazole rings is 1. The number of thioether (sulfide) groups is 1. The Kier molecular flexibility index (Phi) is 8.10. The van der Waals surface area contributed by atoms with Gasteiger partial charge in [-0.2, -0.15) is 0 Å². The van der Waals surface area contributed by atoms with Crippen LogP contribution in [0.2, 0.25) is 0 Å². The Balaban J connectivity index is 1.74. The van der Waals surface area contributed by atoms with Crippen molar-refractivity contribution >= 4 is 41.6 Å². The van der Waals surface area contributed by atoms with Crippen LogP contribution in [-0.2, 0) is 23.1 Å². The number of rotatable bonds is 10. The zero-order valence-electron chi connectivity index (χ0n) is 19.0. The molecule has 0 aromatic carbocycles. The van der Waals surface area contributed by atoms with Gasteiger partial charge in [0.2, 0.25) is 0 Å². The van der Waals surface area contributed by atoms with Crippen molar-refractivity contribution in [3.05, 3.63) is 12.7 Å². The Hall–Kier alpha value is -1.67. The maximum absolute atomic E-state index is 15.3. The molecule has 0 radical (unpaired) electrons. The van der Waals surface area contributed by atoms with E-state index in [1.807, 2.05) is 0 Å². The molecule has 0 bridgehead atoms. The quantitative estimate of drug-likeness (QED) is 0.359. The zero-order valence-corrected chi connectivity index (χ0v) is 20.7. The van der Waals surface area contributed by atoms with Crippen LogP contribution in [0.15, 0.2) is 12.7 Å². The smallest absolute Gasteiger partial charge is 0.384 e. The van der Waals surface area contributed by atoms with E-state index in [4.69, 9.17) is 13.8 Å². The molecule has 2 N–H and O–H groups in total. The molecule has 1 fully saturated rings. The molecular formula is C18H28FN6O6PS. The number of nitrogens with zero attached hydrogens (tertiary/aromatic N) is 5. The second-order valence-electron chi connectivity index (χ2n) is 7.72. The summed E-state index contributed by atoms with van der Waals surface area (Å²) in [6.45, 7) is 2.31. The van der Waals surface area contributed by atoms with Crippen LogP contribution in [-0.4, -0.2) is 92.4 Å². The SMILES string of the molecule is CNc1ncnc2c1ncn2[C@@H]1O[C@H](COP(=O)(OCCSC(C)=O)N(C)C)C(C)(O)[C@@H]1F. The van der Waals surface area contributed by atoms with Gasteiger partial charge < -0.3 is 15.2 Å². The lowest BCUT2D eigenvalue weighted by Crippen LogP contribution is -2.44. The van der Waals surface area contributed by atoms with Gasteiger partial charge in [-0.05, 0) is 21.0 Å². The van der Waals surface area contributed by atoms with Crippen molar-refractivity contribution in [2.24, 2.45) is 0 Å².